The van der Waals surface area contributed by atoms with Crippen LogP contribution in [-0.2, 0) is 14.9 Å². The van der Waals surface area contributed by atoms with Gasteiger partial charge in [0.15, 0.2) is 0 Å². The van der Waals surface area contributed by atoms with Gasteiger partial charge in [0.05, 0.1) is 37.2 Å². The van der Waals surface area contributed by atoms with E-state index in [1.165, 1.54) is 21.0 Å². The second-order valence-electron chi connectivity index (χ2n) is 5.09. The highest BCUT2D eigenvalue weighted by Gasteiger charge is 2.37. The van der Waals surface area contributed by atoms with E-state index >= 15 is 0 Å². The third-order valence-electron chi connectivity index (χ3n) is 3.60. The van der Waals surface area contributed by atoms with Crippen LogP contribution >= 0.6 is 11.6 Å². The molecule has 0 N–H and O–H groups in total. The van der Waals surface area contributed by atoms with Crippen LogP contribution in [0.2, 0.25) is 5.02 Å². The molecule has 1 atom stereocenters. The van der Waals surface area contributed by atoms with Gasteiger partial charge in [-0.3, -0.25) is 0 Å². The summed E-state index contributed by atoms with van der Waals surface area (Å²) in [6.45, 7) is 2.39. The Morgan fingerprint density at radius 3 is 2.55 bits per heavy atom. The molecular weight excluding hydrogens is 332 g/mol. The van der Waals surface area contributed by atoms with Gasteiger partial charge in [0, 0.05) is 19.6 Å². The highest BCUT2D eigenvalue weighted by Crippen LogP contribution is 2.21. The number of ether oxygens (including phenoxy) is 2. The van der Waals surface area contributed by atoms with Crippen LogP contribution in [0.3, 0.4) is 0 Å². The number of hydrogen-bond acceptors (Lipinski definition) is 6. The van der Waals surface area contributed by atoms with Crippen LogP contribution in [0.5, 0.6) is 6.01 Å². The van der Waals surface area contributed by atoms with E-state index < -0.39 is 10.2 Å². The average molecular weight is 349 g/mol. The Bertz CT molecular complexity index is 606. The summed E-state index contributed by atoms with van der Waals surface area (Å²) in [6.07, 6.45) is 3.24. The third kappa shape index (κ3) is 3.49. The fraction of sp³-hybridized carbons (Fsp3) is 0.667. The van der Waals surface area contributed by atoms with Crippen LogP contribution in [0.25, 0.3) is 0 Å². The predicted octanol–water partition coefficient (Wildman–Crippen LogP) is 0.160. The van der Waals surface area contributed by atoms with Gasteiger partial charge in [0.25, 0.3) is 10.2 Å². The topological polar surface area (TPSA) is 84.9 Å². The molecule has 3 rings (SSSR count). The van der Waals surface area contributed by atoms with E-state index in [4.69, 9.17) is 21.1 Å². The van der Waals surface area contributed by atoms with E-state index in [0.717, 1.165) is 0 Å². The molecular formula is C12H17ClN4O4S. The SMILES string of the molecule is O=S(=O)(N1CCOCC1)N1CCC(Oc2ncc(Cl)cn2)C1. The van der Waals surface area contributed by atoms with Gasteiger partial charge in [-0.2, -0.15) is 17.0 Å². The summed E-state index contributed by atoms with van der Waals surface area (Å²) in [5, 5.41) is 0.426. The molecule has 0 bridgehead atoms. The van der Waals surface area contributed by atoms with Crippen molar-refractivity contribution in [2.45, 2.75) is 12.5 Å². The van der Waals surface area contributed by atoms with Gasteiger partial charge >= 0.3 is 6.01 Å². The Balaban J connectivity index is 1.60. The van der Waals surface area contributed by atoms with E-state index in [2.05, 4.69) is 9.97 Å². The molecule has 22 heavy (non-hydrogen) atoms. The molecule has 2 fully saturated rings. The molecule has 0 amide bonds. The summed E-state index contributed by atoms with van der Waals surface area (Å²) in [4.78, 5) is 7.92. The van der Waals surface area contributed by atoms with Crippen molar-refractivity contribution in [2.24, 2.45) is 0 Å². The zero-order valence-electron chi connectivity index (χ0n) is 11.9. The fourth-order valence-corrected chi connectivity index (χ4v) is 4.18. The molecule has 0 spiro atoms. The number of hydrogen-bond donors (Lipinski definition) is 0. The second-order valence-corrected chi connectivity index (χ2v) is 7.45. The first-order valence-electron chi connectivity index (χ1n) is 7.03. The van der Waals surface area contributed by atoms with Crippen LogP contribution in [0, 0.1) is 0 Å². The molecule has 0 aromatic carbocycles. The van der Waals surface area contributed by atoms with E-state index in [-0.39, 0.29) is 12.1 Å². The van der Waals surface area contributed by atoms with Crippen molar-refractivity contribution in [1.29, 1.82) is 0 Å². The maximum absolute atomic E-state index is 12.5. The van der Waals surface area contributed by atoms with E-state index in [9.17, 15) is 8.42 Å². The molecule has 0 radical (unpaired) electrons. The van der Waals surface area contributed by atoms with Crippen LogP contribution < -0.4 is 4.74 Å². The van der Waals surface area contributed by atoms with Crippen molar-refractivity contribution in [2.75, 3.05) is 39.4 Å². The van der Waals surface area contributed by atoms with Crippen molar-refractivity contribution < 1.29 is 17.9 Å². The Hall–Kier alpha value is -1.00. The van der Waals surface area contributed by atoms with Gasteiger partial charge < -0.3 is 9.47 Å². The minimum Gasteiger partial charge on any atom is -0.459 e. The van der Waals surface area contributed by atoms with Crippen LogP contribution in [0.15, 0.2) is 12.4 Å². The molecule has 2 aliphatic heterocycles. The van der Waals surface area contributed by atoms with Crippen LogP contribution in [0.4, 0.5) is 0 Å². The molecule has 3 heterocycles. The number of aromatic nitrogens is 2. The number of rotatable bonds is 4. The normalized spacial score (nSPS) is 24.5. The summed E-state index contributed by atoms with van der Waals surface area (Å²) in [7, 11) is -3.45. The first-order valence-corrected chi connectivity index (χ1v) is 8.80. The molecule has 0 aliphatic carbocycles. The quantitative estimate of drug-likeness (QED) is 0.770. The minimum absolute atomic E-state index is 0.208. The van der Waals surface area contributed by atoms with Gasteiger partial charge in [-0.25, -0.2) is 9.97 Å². The van der Waals surface area contributed by atoms with Gasteiger partial charge in [0.1, 0.15) is 6.10 Å². The van der Waals surface area contributed by atoms with Gasteiger partial charge in [-0.1, -0.05) is 11.6 Å². The molecule has 1 unspecified atom stereocenters. The highest BCUT2D eigenvalue weighted by atomic mass is 35.5. The Kier molecular flexibility index (Phi) is 4.79. The van der Waals surface area contributed by atoms with Crippen molar-refractivity contribution in [1.82, 2.24) is 18.6 Å². The molecule has 2 saturated heterocycles. The summed E-state index contributed by atoms with van der Waals surface area (Å²) in [6, 6.07) is 0.208. The van der Waals surface area contributed by atoms with E-state index in [1.807, 2.05) is 0 Å². The lowest BCUT2D eigenvalue weighted by atomic mass is 10.3. The minimum atomic E-state index is -3.45. The largest absolute Gasteiger partial charge is 0.459 e. The highest BCUT2D eigenvalue weighted by molar-refractivity contribution is 7.86. The summed E-state index contributed by atoms with van der Waals surface area (Å²) in [5.41, 5.74) is 0. The lowest BCUT2D eigenvalue weighted by Crippen LogP contribution is -2.48. The first-order chi connectivity index (χ1) is 10.6. The Morgan fingerprint density at radius 1 is 1.18 bits per heavy atom. The smallest absolute Gasteiger partial charge is 0.316 e. The van der Waals surface area contributed by atoms with Crippen molar-refractivity contribution in [3.8, 4) is 6.01 Å². The van der Waals surface area contributed by atoms with E-state index in [0.29, 0.717) is 50.8 Å². The maximum atomic E-state index is 12.5. The zero-order valence-corrected chi connectivity index (χ0v) is 13.5. The lowest BCUT2D eigenvalue weighted by molar-refractivity contribution is 0.0703. The zero-order chi connectivity index (χ0) is 15.6. The summed E-state index contributed by atoms with van der Waals surface area (Å²) >= 11 is 5.71. The number of halogens is 1. The number of morpholine rings is 1. The van der Waals surface area contributed by atoms with Crippen LogP contribution in [0.1, 0.15) is 6.42 Å². The molecule has 2 aliphatic rings. The lowest BCUT2D eigenvalue weighted by Gasteiger charge is -2.29. The Morgan fingerprint density at radius 2 is 1.86 bits per heavy atom. The van der Waals surface area contributed by atoms with Gasteiger partial charge in [-0.05, 0) is 6.42 Å². The van der Waals surface area contributed by atoms with Crippen molar-refractivity contribution >= 4 is 21.8 Å². The summed E-state index contributed by atoms with van der Waals surface area (Å²) < 4.78 is 38.7. The average Bonchev–Trinajstić information content (AvgIpc) is 3.00. The molecule has 122 valence electrons. The second kappa shape index (κ2) is 6.63. The number of nitrogens with zero attached hydrogens (tertiary/aromatic N) is 4. The molecule has 10 heteroatoms. The molecule has 1 aromatic rings. The molecule has 8 nitrogen and oxygen atoms in total. The maximum Gasteiger partial charge on any atom is 0.316 e. The first kappa shape index (κ1) is 15.9. The molecule has 1 aromatic heterocycles. The third-order valence-corrected chi connectivity index (χ3v) is 5.80. The van der Waals surface area contributed by atoms with Crippen molar-refractivity contribution in [3.05, 3.63) is 17.4 Å². The fourth-order valence-electron chi connectivity index (χ4n) is 2.45. The Labute approximate surface area is 134 Å². The summed E-state index contributed by atoms with van der Waals surface area (Å²) in [5.74, 6) is 0. The van der Waals surface area contributed by atoms with Gasteiger partial charge in [0.2, 0.25) is 0 Å². The monoisotopic (exact) mass is 348 g/mol. The predicted molar refractivity (Wildman–Crippen MR) is 79.0 cm³/mol. The van der Waals surface area contributed by atoms with E-state index in [1.54, 1.807) is 0 Å². The standard InChI is InChI=1S/C12H17ClN4O4S/c13-10-7-14-12(15-8-10)21-11-1-2-17(9-11)22(18,19)16-3-5-20-6-4-16/h7-8,11H,1-6,9H2. The van der Waals surface area contributed by atoms with Crippen LogP contribution in [-0.4, -0.2) is 72.5 Å². The molecule has 0 saturated carbocycles. The van der Waals surface area contributed by atoms with Crippen molar-refractivity contribution in [3.63, 3.8) is 0 Å². The van der Waals surface area contributed by atoms with Gasteiger partial charge in [-0.15, -0.1) is 0 Å².